The fourth-order valence-corrected chi connectivity index (χ4v) is 5.41. The number of aromatic nitrogens is 4. The molecule has 2 bridgehead atoms. The smallest absolute Gasteiger partial charge is 0.326 e. The first-order chi connectivity index (χ1) is 16.2. The standard InChI is InChI=1S/C24H21ClF3N5O/c1-12-6-7-14-11-16-19(17-5-3-4-9-29-17)31-13(2)32-20(16)21(12)33(14)23(34)15-8-10-30-22(18(15)25)24(26,27)28/h3-5,8-10,12,14,21H,6-7,11H2,1-2H3/t12-,14+,21-/m1/s1. The van der Waals surface area contributed by atoms with E-state index in [-0.39, 0.29) is 17.5 Å². The van der Waals surface area contributed by atoms with Crippen LogP contribution in [-0.2, 0) is 12.6 Å². The van der Waals surface area contributed by atoms with Gasteiger partial charge in [0.05, 0.1) is 33.7 Å². The summed E-state index contributed by atoms with van der Waals surface area (Å²) in [5.74, 6) is 0.0536. The van der Waals surface area contributed by atoms with E-state index in [1.165, 1.54) is 6.07 Å². The van der Waals surface area contributed by atoms with Crippen LogP contribution in [0.5, 0.6) is 0 Å². The topological polar surface area (TPSA) is 71.9 Å². The molecule has 176 valence electrons. The monoisotopic (exact) mass is 487 g/mol. The molecule has 1 amide bonds. The van der Waals surface area contributed by atoms with Crippen LogP contribution in [0.1, 0.15) is 58.9 Å². The maximum atomic E-state index is 13.7. The number of hydrogen-bond donors (Lipinski definition) is 0. The molecule has 0 aromatic carbocycles. The summed E-state index contributed by atoms with van der Waals surface area (Å²) < 4.78 is 40.1. The molecule has 0 saturated carbocycles. The third-order valence-electron chi connectivity index (χ3n) is 6.59. The van der Waals surface area contributed by atoms with Crippen LogP contribution in [0.15, 0.2) is 36.7 Å². The molecular weight excluding hydrogens is 467 g/mol. The van der Waals surface area contributed by atoms with Gasteiger partial charge in [-0.1, -0.05) is 24.6 Å². The van der Waals surface area contributed by atoms with Crippen molar-refractivity contribution in [2.75, 3.05) is 0 Å². The summed E-state index contributed by atoms with van der Waals surface area (Å²) in [6.45, 7) is 3.82. The highest BCUT2D eigenvalue weighted by Gasteiger charge is 2.47. The molecule has 0 radical (unpaired) electrons. The average Bonchev–Trinajstić information content (AvgIpc) is 2.80. The number of amides is 1. The molecule has 3 aromatic rings. The molecule has 10 heteroatoms. The van der Waals surface area contributed by atoms with Gasteiger partial charge in [-0.3, -0.25) is 14.8 Å². The molecule has 3 atom stereocenters. The maximum Gasteiger partial charge on any atom is 0.434 e. The van der Waals surface area contributed by atoms with Crippen LogP contribution in [0.3, 0.4) is 0 Å². The van der Waals surface area contributed by atoms with Gasteiger partial charge in [0.25, 0.3) is 5.91 Å². The van der Waals surface area contributed by atoms with Crippen molar-refractivity contribution in [2.45, 2.75) is 51.4 Å². The Morgan fingerprint density at radius 1 is 1.12 bits per heavy atom. The molecule has 0 spiro atoms. The molecule has 5 rings (SSSR count). The minimum absolute atomic E-state index is 0.0489. The lowest BCUT2D eigenvalue weighted by Gasteiger charge is -2.49. The summed E-state index contributed by atoms with van der Waals surface area (Å²) >= 11 is 6.07. The van der Waals surface area contributed by atoms with Crippen LogP contribution < -0.4 is 0 Å². The van der Waals surface area contributed by atoms with Crippen LogP contribution in [0.25, 0.3) is 11.4 Å². The Labute approximate surface area is 199 Å². The molecule has 5 heterocycles. The van der Waals surface area contributed by atoms with Gasteiger partial charge in [-0.05, 0) is 50.3 Å². The number of hydrogen-bond acceptors (Lipinski definition) is 5. The first kappa shape index (κ1) is 22.7. The Hall–Kier alpha value is -3.07. The second-order valence-corrected chi connectivity index (χ2v) is 9.16. The van der Waals surface area contributed by atoms with Gasteiger partial charge in [-0.15, -0.1) is 0 Å². The summed E-state index contributed by atoms with van der Waals surface area (Å²) in [6.07, 6.45) is -0.000627. The van der Waals surface area contributed by atoms with E-state index >= 15 is 0 Å². The number of carbonyl (C=O) groups excluding carboxylic acids is 1. The molecule has 1 fully saturated rings. The van der Waals surface area contributed by atoms with Gasteiger partial charge in [-0.2, -0.15) is 13.2 Å². The number of piperidine rings is 1. The molecule has 0 N–H and O–H groups in total. The quantitative estimate of drug-likeness (QED) is 0.480. The molecule has 2 aliphatic rings. The van der Waals surface area contributed by atoms with Crippen LogP contribution in [-0.4, -0.2) is 36.8 Å². The van der Waals surface area contributed by atoms with Crippen molar-refractivity contribution in [3.8, 4) is 11.4 Å². The Bertz CT molecular complexity index is 1270. The highest BCUT2D eigenvalue weighted by atomic mass is 35.5. The lowest BCUT2D eigenvalue weighted by atomic mass is 9.76. The van der Waals surface area contributed by atoms with Crippen molar-refractivity contribution in [2.24, 2.45) is 5.92 Å². The Balaban J connectivity index is 1.64. The van der Waals surface area contributed by atoms with Crippen molar-refractivity contribution >= 4 is 17.5 Å². The van der Waals surface area contributed by atoms with Crippen molar-refractivity contribution in [1.29, 1.82) is 0 Å². The maximum absolute atomic E-state index is 13.7. The summed E-state index contributed by atoms with van der Waals surface area (Å²) in [4.78, 5) is 32.6. The zero-order valence-electron chi connectivity index (χ0n) is 18.5. The Morgan fingerprint density at radius 3 is 2.62 bits per heavy atom. The van der Waals surface area contributed by atoms with E-state index < -0.39 is 28.8 Å². The fraction of sp³-hybridized carbons (Fsp3) is 0.375. The molecule has 6 nitrogen and oxygen atoms in total. The number of alkyl halides is 3. The minimum atomic E-state index is -4.76. The number of fused-ring (bicyclic) bond motifs is 4. The first-order valence-corrected chi connectivity index (χ1v) is 11.4. The first-order valence-electron chi connectivity index (χ1n) is 11.0. The molecule has 3 aromatic heterocycles. The molecule has 2 aliphatic heterocycles. The summed E-state index contributed by atoms with van der Waals surface area (Å²) in [7, 11) is 0. The third kappa shape index (κ3) is 3.72. The Morgan fingerprint density at radius 2 is 1.91 bits per heavy atom. The molecule has 34 heavy (non-hydrogen) atoms. The normalized spacial score (nSPS) is 21.8. The van der Waals surface area contributed by atoms with Gasteiger partial charge in [0.2, 0.25) is 0 Å². The molecule has 1 saturated heterocycles. The lowest BCUT2D eigenvalue weighted by molar-refractivity contribution is -0.141. The van der Waals surface area contributed by atoms with Crippen LogP contribution in [0.2, 0.25) is 5.02 Å². The third-order valence-corrected chi connectivity index (χ3v) is 6.97. The number of aryl methyl sites for hydroxylation is 1. The fourth-order valence-electron chi connectivity index (χ4n) is 5.11. The average molecular weight is 488 g/mol. The minimum Gasteiger partial charge on any atom is -0.326 e. The summed E-state index contributed by atoms with van der Waals surface area (Å²) in [5, 5.41) is -0.676. The number of rotatable bonds is 2. The second-order valence-electron chi connectivity index (χ2n) is 8.79. The van der Waals surface area contributed by atoms with Crippen LogP contribution >= 0.6 is 11.6 Å². The SMILES string of the molecule is Cc1nc(-c2ccccn2)c2c(n1)[C@H]1[C@H](C)CC[C@@H](C2)N1C(=O)c1ccnc(C(F)(F)F)c1Cl. The van der Waals surface area contributed by atoms with E-state index in [2.05, 4.69) is 15.0 Å². The van der Waals surface area contributed by atoms with Crippen molar-refractivity contribution in [3.63, 3.8) is 0 Å². The van der Waals surface area contributed by atoms with E-state index in [0.29, 0.717) is 18.7 Å². The zero-order valence-corrected chi connectivity index (χ0v) is 19.2. The number of carbonyl (C=O) groups is 1. The van der Waals surface area contributed by atoms with E-state index in [1.807, 2.05) is 25.1 Å². The van der Waals surface area contributed by atoms with Gasteiger partial charge in [0, 0.05) is 24.0 Å². The molecule has 0 unspecified atom stereocenters. The van der Waals surface area contributed by atoms with E-state index in [1.54, 1.807) is 18.0 Å². The van der Waals surface area contributed by atoms with Gasteiger partial charge in [0.15, 0.2) is 5.69 Å². The van der Waals surface area contributed by atoms with Gasteiger partial charge >= 0.3 is 6.18 Å². The van der Waals surface area contributed by atoms with Gasteiger partial charge < -0.3 is 4.90 Å². The van der Waals surface area contributed by atoms with Crippen molar-refractivity contribution < 1.29 is 18.0 Å². The van der Waals surface area contributed by atoms with Crippen LogP contribution in [0.4, 0.5) is 13.2 Å². The number of halogens is 4. The largest absolute Gasteiger partial charge is 0.434 e. The van der Waals surface area contributed by atoms with Gasteiger partial charge in [0.1, 0.15) is 5.82 Å². The van der Waals surface area contributed by atoms with E-state index in [9.17, 15) is 18.0 Å². The van der Waals surface area contributed by atoms with E-state index in [4.69, 9.17) is 16.6 Å². The number of nitrogens with zero attached hydrogens (tertiary/aromatic N) is 5. The zero-order chi connectivity index (χ0) is 24.2. The highest BCUT2D eigenvalue weighted by Crippen LogP contribution is 2.47. The predicted molar refractivity (Wildman–Crippen MR) is 119 cm³/mol. The highest BCUT2D eigenvalue weighted by molar-refractivity contribution is 6.34. The van der Waals surface area contributed by atoms with E-state index in [0.717, 1.165) is 35.3 Å². The lowest BCUT2D eigenvalue weighted by Crippen LogP contribution is -2.53. The summed E-state index contributed by atoms with van der Waals surface area (Å²) in [5.41, 5.74) is 1.67. The van der Waals surface area contributed by atoms with Crippen molar-refractivity contribution in [3.05, 3.63) is 70.0 Å². The molecule has 0 aliphatic carbocycles. The Kier molecular flexibility index (Phi) is 5.55. The van der Waals surface area contributed by atoms with Gasteiger partial charge in [-0.25, -0.2) is 9.97 Å². The molecular formula is C24H21ClF3N5O. The predicted octanol–water partition coefficient (Wildman–Crippen LogP) is 5.45. The summed E-state index contributed by atoms with van der Waals surface area (Å²) in [6, 6.07) is 6.23. The number of pyridine rings is 2. The van der Waals surface area contributed by atoms with Crippen LogP contribution in [0, 0.1) is 12.8 Å². The second kappa shape index (κ2) is 8.30. The van der Waals surface area contributed by atoms with Crippen molar-refractivity contribution in [1.82, 2.24) is 24.8 Å².